The van der Waals surface area contributed by atoms with Crippen molar-refractivity contribution >= 4 is 17.1 Å². The summed E-state index contributed by atoms with van der Waals surface area (Å²) in [6.07, 6.45) is 10.2. The number of fused-ring (bicyclic) bond motifs is 1. The van der Waals surface area contributed by atoms with Crippen molar-refractivity contribution in [2.24, 2.45) is 0 Å². The molecule has 0 aliphatic carbocycles. The first-order valence-corrected chi connectivity index (χ1v) is 14.6. The zero-order chi connectivity index (χ0) is 29.1. The molecule has 42 heavy (non-hydrogen) atoms. The normalized spacial score (nSPS) is 14.3. The molecule has 1 aliphatic rings. The first kappa shape index (κ1) is 27.6. The number of carbonyl (C=O) groups excluding carboxylic acids is 1. The highest BCUT2D eigenvalue weighted by atomic mass is 16.6. The molecule has 0 saturated carbocycles. The maximum atomic E-state index is 12.4. The summed E-state index contributed by atoms with van der Waals surface area (Å²) in [5.74, 6) is 0.817. The van der Waals surface area contributed by atoms with Gasteiger partial charge in [-0.2, -0.15) is 5.10 Å². The van der Waals surface area contributed by atoms with Gasteiger partial charge in [-0.25, -0.2) is 9.78 Å². The fourth-order valence-electron chi connectivity index (χ4n) is 5.34. The van der Waals surface area contributed by atoms with Gasteiger partial charge >= 0.3 is 6.09 Å². The molecule has 6 rings (SSSR count). The number of pyridine rings is 1. The maximum absolute atomic E-state index is 12.4. The quantitative estimate of drug-likeness (QED) is 0.228. The van der Waals surface area contributed by atoms with Crippen molar-refractivity contribution in [1.82, 2.24) is 24.6 Å². The predicted molar refractivity (Wildman–Crippen MR) is 164 cm³/mol. The highest BCUT2D eigenvalue weighted by molar-refractivity contribution is 5.95. The number of aromatic nitrogens is 4. The number of aryl methyl sites for hydroxylation is 2. The summed E-state index contributed by atoms with van der Waals surface area (Å²) in [4.78, 5) is 22.2. The van der Waals surface area contributed by atoms with Crippen molar-refractivity contribution in [3.63, 3.8) is 0 Å². The SMILES string of the molecule is CC(C)(C)OC(=O)N1CCC(Oc2cccc(-c3cnc4[nH]cc(-c5cnn(CCc6ccccc6)c5)c4c3)c2)CC1. The van der Waals surface area contributed by atoms with E-state index in [2.05, 4.69) is 58.7 Å². The lowest BCUT2D eigenvalue weighted by Gasteiger charge is -2.33. The van der Waals surface area contributed by atoms with E-state index in [1.807, 2.05) is 62.2 Å². The molecule has 8 nitrogen and oxygen atoms in total. The summed E-state index contributed by atoms with van der Waals surface area (Å²) in [7, 11) is 0. The molecule has 3 aromatic heterocycles. The van der Waals surface area contributed by atoms with Crippen LogP contribution < -0.4 is 4.74 Å². The van der Waals surface area contributed by atoms with E-state index in [0.717, 1.165) is 64.8 Å². The predicted octanol–water partition coefficient (Wildman–Crippen LogP) is 7.11. The molecule has 0 spiro atoms. The number of nitrogens with one attached hydrogen (secondary N) is 1. The van der Waals surface area contributed by atoms with Gasteiger partial charge < -0.3 is 19.4 Å². The van der Waals surface area contributed by atoms with Gasteiger partial charge in [-0.1, -0.05) is 42.5 Å². The van der Waals surface area contributed by atoms with Crippen molar-refractivity contribution in [1.29, 1.82) is 0 Å². The van der Waals surface area contributed by atoms with E-state index in [9.17, 15) is 4.79 Å². The van der Waals surface area contributed by atoms with Gasteiger partial charge in [0.15, 0.2) is 0 Å². The summed E-state index contributed by atoms with van der Waals surface area (Å²) >= 11 is 0. The third-order valence-corrected chi connectivity index (χ3v) is 7.51. The summed E-state index contributed by atoms with van der Waals surface area (Å²) < 4.78 is 13.9. The number of nitrogens with zero attached hydrogens (tertiary/aromatic N) is 4. The number of benzene rings is 2. The molecule has 5 aromatic rings. The summed E-state index contributed by atoms with van der Waals surface area (Å²) in [5, 5.41) is 5.66. The smallest absolute Gasteiger partial charge is 0.410 e. The van der Waals surface area contributed by atoms with E-state index >= 15 is 0 Å². The molecule has 0 unspecified atom stereocenters. The van der Waals surface area contributed by atoms with E-state index in [1.54, 1.807) is 4.90 Å². The highest BCUT2D eigenvalue weighted by Gasteiger charge is 2.27. The lowest BCUT2D eigenvalue weighted by Crippen LogP contribution is -2.44. The number of likely N-dealkylation sites (tertiary alicyclic amines) is 1. The number of hydrogen-bond donors (Lipinski definition) is 1. The van der Waals surface area contributed by atoms with Crippen molar-refractivity contribution in [2.75, 3.05) is 13.1 Å². The number of hydrogen-bond acceptors (Lipinski definition) is 5. The maximum Gasteiger partial charge on any atom is 0.410 e. The van der Waals surface area contributed by atoms with Crippen LogP contribution in [0.5, 0.6) is 5.75 Å². The molecule has 0 atom stereocenters. The van der Waals surface area contributed by atoms with Gasteiger partial charge in [0.2, 0.25) is 0 Å². The van der Waals surface area contributed by atoms with E-state index < -0.39 is 5.60 Å². The van der Waals surface area contributed by atoms with Crippen molar-refractivity contribution in [3.8, 4) is 28.0 Å². The van der Waals surface area contributed by atoms with Crippen LogP contribution in [-0.4, -0.2) is 55.5 Å². The molecule has 0 radical (unpaired) electrons. The monoisotopic (exact) mass is 563 g/mol. The topological polar surface area (TPSA) is 85.3 Å². The van der Waals surface area contributed by atoms with Gasteiger partial charge in [-0.15, -0.1) is 0 Å². The lowest BCUT2D eigenvalue weighted by atomic mass is 10.0. The Morgan fingerprint density at radius 3 is 2.57 bits per heavy atom. The van der Waals surface area contributed by atoms with Crippen molar-refractivity contribution in [2.45, 2.75) is 58.3 Å². The molecule has 216 valence electrons. The fraction of sp³-hybridized carbons (Fsp3) is 0.324. The third-order valence-electron chi connectivity index (χ3n) is 7.51. The van der Waals surface area contributed by atoms with E-state index in [4.69, 9.17) is 14.5 Å². The molecular weight excluding hydrogens is 526 g/mol. The van der Waals surface area contributed by atoms with E-state index in [1.165, 1.54) is 5.56 Å². The second-order valence-corrected chi connectivity index (χ2v) is 11.9. The van der Waals surface area contributed by atoms with E-state index in [0.29, 0.717) is 13.1 Å². The summed E-state index contributed by atoms with van der Waals surface area (Å²) in [5.41, 5.74) is 5.85. The number of carbonyl (C=O) groups is 1. The van der Waals surface area contributed by atoms with Crippen molar-refractivity contribution in [3.05, 3.63) is 91.0 Å². The Morgan fingerprint density at radius 2 is 1.79 bits per heavy atom. The summed E-state index contributed by atoms with van der Waals surface area (Å²) in [6, 6.07) is 20.8. The van der Waals surface area contributed by atoms with Gasteiger partial charge in [0.05, 0.1) is 6.20 Å². The second kappa shape index (κ2) is 11.7. The molecule has 1 saturated heterocycles. The Balaban J connectivity index is 1.13. The Bertz CT molecular complexity index is 1660. The largest absolute Gasteiger partial charge is 0.490 e. The highest BCUT2D eigenvalue weighted by Crippen LogP contribution is 2.32. The molecule has 1 aliphatic heterocycles. The number of rotatable bonds is 7. The van der Waals surface area contributed by atoms with Crippen LogP contribution in [0.15, 0.2) is 85.5 Å². The Morgan fingerprint density at radius 1 is 0.976 bits per heavy atom. The molecule has 4 heterocycles. The molecular formula is C34H37N5O3. The third kappa shape index (κ3) is 6.48. The zero-order valence-corrected chi connectivity index (χ0v) is 24.4. The zero-order valence-electron chi connectivity index (χ0n) is 24.4. The standard InChI is InChI=1S/C34H37N5O3/c1-34(2,3)42-33(40)38-15-13-28(14-16-38)41-29-11-7-10-25(18-29)26-19-30-31(22-36-32(30)35-20-26)27-21-37-39(23-27)17-12-24-8-5-4-6-9-24/h4-11,18-23,28H,12-17H2,1-3H3,(H,35,36). The van der Waals surface area contributed by atoms with Crippen LogP contribution in [0.3, 0.4) is 0 Å². The number of aromatic amines is 1. The average Bonchev–Trinajstić information content (AvgIpc) is 3.63. The molecule has 1 fully saturated rings. The van der Waals surface area contributed by atoms with Crippen LogP contribution in [0.2, 0.25) is 0 Å². The molecule has 8 heteroatoms. The minimum atomic E-state index is -0.492. The van der Waals surface area contributed by atoms with Gasteiger partial charge in [-0.3, -0.25) is 4.68 Å². The van der Waals surface area contributed by atoms with Gasteiger partial charge in [0.1, 0.15) is 23.1 Å². The number of ether oxygens (including phenoxy) is 2. The molecule has 1 amide bonds. The minimum absolute atomic E-state index is 0.0502. The van der Waals surface area contributed by atoms with Crippen LogP contribution >= 0.6 is 0 Å². The van der Waals surface area contributed by atoms with Gasteiger partial charge in [0.25, 0.3) is 0 Å². The van der Waals surface area contributed by atoms with Crippen LogP contribution in [0, 0.1) is 0 Å². The second-order valence-electron chi connectivity index (χ2n) is 11.9. The van der Waals surface area contributed by atoms with E-state index in [-0.39, 0.29) is 12.2 Å². The first-order valence-electron chi connectivity index (χ1n) is 14.6. The molecule has 1 N–H and O–H groups in total. The fourth-order valence-corrected chi connectivity index (χ4v) is 5.34. The van der Waals surface area contributed by atoms with Gasteiger partial charge in [-0.05, 0) is 56.5 Å². The lowest BCUT2D eigenvalue weighted by molar-refractivity contribution is 0.0126. The minimum Gasteiger partial charge on any atom is -0.490 e. The molecule has 0 bridgehead atoms. The average molecular weight is 564 g/mol. The Hall–Kier alpha value is -4.59. The van der Waals surface area contributed by atoms with Crippen molar-refractivity contribution < 1.29 is 14.3 Å². The van der Waals surface area contributed by atoms with Gasteiger partial charge in [0, 0.05) is 73.1 Å². The number of amides is 1. The Kier molecular flexibility index (Phi) is 7.69. The van der Waals surface area contributed by atoms with Crippen LogP contribution in [0.1, 0.15) is 39.2 Å². The Labute approximate surface area is 246 Å². The first-order chi connectivity index (χ1) is 20.3. The molecule has 2 aromatic carbocycles. The van der Waals surface area contributed by atoms with Crippen LogP contribution in [-0.2, 0) is 17.7 Å². The van der Waals surface area contributed by atoms with Crippen LogP contribution in [0.25, 0.3) is 33.3 Å². The summed E-state index contributed by atoms with van der Waals surface area (Å²) in [6.45, 7) is 7.74. The number of H-pyrrole nitrogens is 1. The van der Waals surface area contributed by atoms with Crippen LogP contribution in [0.4, 0.5) is 4.79 Å². The number of piperidine rings is 1.